The van der Waals surface area contributed by atoms with Crippen molar-refractivity contribution >= 4 is 23.4 Å². The average Bonchev–Trinajstić information content (AvgIpc) is 2.99. The first-order chi connectivity index (χ1) is 18.3. The molecule has 0 fully saturated rings. The molecule has 0 radical (unpaired) electrons. The summed E-state index contributed by atoms with van der Waals surface area (Å²) in [5, 5.41) is 5.80. The van der Waals surface area contributed by atoms with E-state index in [0.717, 1.165) is 27.9 Å². The fourth-order valence-electron chi connectivity index (χ4n) is 5.03. The van der Waals surface area contributed by atoms with E-state index >= 15 is 0 Å². The van der Waals surface area contributed by atoms with Crippen LogP contribution in [0.1, 0.15) is 61.0 Å². The van der Waals surface area contributed by atoms with Gasteiger partial charge in [-0.15, -0.1) is 0 Å². The van der Waals surface area contributed by atoms with E-state index < -0.39 is 6.04 Å². The Hall–Kier alpha value is -3.97. The fourth-order valence-corrected chi connectivity index (χ4v) is 5.03. The number of amides is 3. The molecule has 38 heavy (non-hydrogen) atoms. The number of nitrogens with one attached hydrogen (secondary N) is 2. The Morgan fingerprint density at radius 2 is 1.71 bits per heavy atom. The zero-order valence-corrected chi connectivity index (χ0v) is 22.2. The number of hydrogen-bond donors (Lipinski definition) is 3. The van der Waals surface area contributed by atoms with Crippen LogP contribution in [0, 0.1) is 0 Å². The van der Waals surface area contributed by atoms with Gasteiger partial charge in [0.2, 0.25) is 11.8 Å². The molecule has 3 amide bonds. The molecular weight excluding hydrogens is 476 g/mol. The van der Waals surface area contributed by atoms with Gasteiger partial charge < -0.3 is 21.3 Å². The number of rotatable bonds is 8. The zero-order valence-electron chi connectivity index (χ0n) is 22.2. The molecule has 1 aliphatic heterocycles. The molecule has 0 spiro atoms. The minimum atomic E-state index is -0.633. The van der Waals surface area contributed by atoms with Crippen LogP contribution in [-0.2, 0) is 16.1 Å². The number of para-hydroxylation sites is 1. The second-order valence-electron chi connectivity index (χ2n) is 10.0. The summed E-state index contributed by atoms with van der Waals surface area (Å²) >= 11 is 0. The molecule has 0 aromatic heterocycles. The van der Waals surface area contributed by atoms with Gasteiger partial charge in [0.15, 0.2) is 0 Å². The van der Waals surface area contributed by atoms with Crippen molar-refractivity contribution in [3.8, 4) is 11.1 Å². The lowest BCUT2D eigenvalue weighted by atomic mass is 9.94. The predicted octanol–water partition coefficient (Wildman–Crippen LogP) is 4.37. The molecule has 7 nitrogen and oxygen atoms in total. The first-order valence-corrected chi connectivity index (χ1v) is 13.2. The maximum Gasteiger partial charge on any atom is 0.251 e. The van der Waals surface area contributed by atoms with Crippen molar-refractivity contribution in [2.45, 2.75) is 58.2 Å². The van der Waals surface area contributed by atoms with Crippen LogP contribution in [0.2, 0.25) is 0 Å². The van der Waals surface area contributed by atoms with Gasteiger partial charge in [0, 0.05) is 30.3 Å². The molecule has 0 bridgehead atoms. The van der Waals surface area contributed by atoms with Gasteiger partial charge in [0.05, 0.1) is 6.54 Å². The number of nitrogens with zero attached hydrogens (tertiary/aromatic N) is 1. The summed E-state index contributed by atoms with van der Waals surface area (Å²) in [6.45, 7) is 6.68. The molecule has 1 aliphatic rings. The molecule has 3 unspecified atom stereocenters. The lowest BCUT2D eigenvalue weighted by Crippen LogP contribution is -2.48. The van der Waals surface area contributed by atoms with Crippen LogP contribution < -0.4 is 21.3 Å². The highest BCUT2D eigenvalue weighted by Gasteiger charge is 2.34. The minimum Gasteiger partial charge on any atom is -0.352 e. The van der Waals surface area contributed by atoms with Crippen molar-refractivity contribution in [1.82, 2.24) is 10.6 Å². The summed E-state index contributed by atoms with van der Waals surface area (Å²) in [7, 11) is 0. The van der Waals surface area contributed by atoms with E-state index in [4.69, 9.17) is 5.73 Å². The van der Waals surface area contributed by atoms with Crippen molar-refractivity contribution in [2.75, 3.05) is 11.4 Å². The Balaban J connectivity index is 1.62. The smallest absolute Gasteiger partial charge is 0.251 e. The Kier molecular flexibility index (Phi) is 8.59. The van der Waals surface area contributed by atoms with E-state index in [0.29, 0.717) is 25.1 Å². The maximum absolute atomic E-state index is 13.8. The molecule has 198 valence electrons. The zero-order chi connectivity index (χ0) is 27.2. The second-order valence-corrected chi connectivity index (χ2v) is 10.0. The predicted molar refractivity (Wildman–Crippen MR) is 151 cm³/mol. The van der Waals surface area contributed by atoms with Crippen molar-refractivity contribution in [3.63, 3.8) is 0 Å². The number of carbonyl (C=O) groups is 3. The van der Waals surface area contributed by atoms with Gasteiger partial charge in [-0.3, -0.25) is 14.4 Å². The quantitative estimate of drug-likeness (QED) is 0.417. The summed E-state index contributed by atoms with van der Waals surface area (Å²) < 4.78 is 0. The van der Waals surface area contributed by atoms with Crippen LogP contribution in [0.4, 0.5) is 5.69 Å². The van der Waals surface area contributed by atoms with Crippen molar-refractivity contribution in [1.29, 1.82) is 0 Å². The molecule has 0 saturated heterocycles. The number of benzene rings is 3. The van der Waals surface area contributed by atoms with Crippen LogP contribution >= 0.6 is 0 Å². The van der Waals surface area contributed by atoms with Crippen LogP contribution in [-0.4, -0.2) is 36.3 Å². The molecule has 3 atom stereocenters. The molecule has 0 saturated carbocycles. The van der Waals surface area contributed by atoms with Crippen LogP contribution in [0.15, 0.2) is 72.8 Å². The number of anilines is 1. The van der Waals surface area contributed by atoms with Gasteiger partial charge >= 0.3 is 0 Å². The fraction of sp³-hybridized carbons (Fsp3) is 0.323. The summed E-state index contributed by atoms with van der Waals surface area (Å²) in [4.78, 5) is 40.6. The Morgan fingerprint density at radius 3 is 2.42 bits per heavy atom. The maximum atomic E-state index is 13.8. The van der Waals surface area contributed by atoms with E-state index in [1.807, 2.05) is 79.7 Å². The van der Waals surface area contributed by atoms with Crippen molar-refractivity contribution < 1.29 is 14.4 Å². The molecule has 3 aromatic rings. The lowest BCUT2D eigenvalue weighted by molar-refractivity contribution is -0.128. The molecule has 0 aliphatic carbocycles. The number of carbonyl (C=O) groups excluding carboxylic acids is 3. The molecule has 7 heteroatoms. The summed E-state index contributed by atoms with van der Waals surface area (Å²) in [5.41, 5.74) is 11.1. The van der Waals surface area contributed by atoms with E-state index in [-0.39, 0.29) is 36.1 Å². The first kappa shape index (κ1) is 27.1. The van der Waals surface area contributed by atoms with Gasteiger partial charge in [0.25, 0.3) is 5.91 Å². The van der Waals surface area contributed by atoms with Crippen molar-refractivity contribution in [2.24, 2.45) is 5.73 Å². The van der Waals surface area contributed by atoms with E-state index in [1.165, 1.54) is 0 Å². The highest BCUT2D eigenvalue weighted by atomic mass is 16.2. The number of hydrogen-bond acceptors (Lipinski definition) is 4. The van der Waals surface area contributed by atoms with E-state index in [2.05, 4.69) is 17.6 Å². The summed E-state index contributed by atoms with van der Waals surface area (Å²) in [5.74, 6) is -0.365. The average molecular weight is 513 g/mol. The number of nitrogens with two attached hydrogens (primary N) is 1. The SMILES string of the molecule is CCNC(=O)c1ccccc1-c1ccc(CN2C(=O)C(NC(=O)CC(C)N)CC(C)c3ccccc32)cc1. The largest absolute Gasteiger partial charge is 0.352 e. The van der Waals surface area contributed by atoms with Gasteiger partial charge in [-0.1, -0.05) is 67.6 Å². The summed E-state index contributed by atoms with van der Waals surface area (Å²) in [6.07, 6.45) is 0.691. The Labute approximate surface area is 224 Å². The van der Waals surface area contributed by atoms with Gasteiger partial charge in [-0.25, -0.2) is 0 Å². The Bertz CT molecular complexity index is 1300. The summed E-state index contributed by atoms with van der Waals surface area (Å²) in [6, 6.07) is 22.5. The highest BCUT2D eigenvalue weighted by Crippen LogP contribution is 2.36. The van der Waals surface area contributed by atoms with E-state index in [1.54, 1.807) is 11.8 Å². The Morgan fingerprint density at radius 1 is 1.03 bits per heavy atom. The van der Waals surface area contributed by atoms with Crippen LogP contribution in [0.3, 0.4) is 0 Å². The van der Waals surface area contributed by atoms with Gasteiger partial charge in [-0.05, 0) is 60.6 Å². The second kappa shape index (κ2) is 12.0. The number of fused-ring (bicyclic) bond motifs is 1. The van der Waals surface area contributed by atoms with Crippen LogP contribution in [0.25, 0.3) is 11.1 Å². The molecule has 1 heterocycles. The lowest BCUT2D eigenvalue weighted by Gasteiger charge is -2.26. The monoisotopic (exact) mass is 512 g/mol. The van der Waals surface area contributed by atoms with Crippen molar-refractivity contribution in [3.05, 3.63) is 89.5 Å². The topological polar surface area (TPSA) is 105 Å². The highest BCUT2D eigenvalue weighted by molar-refractivity contribution is 6.01. The molecule has 3 aromatic carbocycles. The van der Waals surface area contributed by atoms with Gasteiger partial charge in [0.1, 0.15) is 6.04 Å². The third-order valence-corrected chi connectivity index (χ3v) is 6.87. The van der Waals surface area contributed by atoms with Gasteiger partial charge in [-0.2, -0.15) is 0 Å². The van der Waals surface area contributed by atoms with E-state index in [9.17, 15) is 14.4 Å². The van der Waals surface area contributed by atoms with Crippen LogP contribution in [0.5, 0.6) is 0 Å². The molecule has 4 N–H and O–H groups in total. The molecule has 4 rings (SSSR count). The molecular formula is C31H36N4O3. The third-order valence-electron chi connectivity index (χ3n) is 6.87. The standard InChI is InChI=1S/C31H36N4O3/c1-4-33-30(37)26-11-6-5-10-25(26)23-15-13-22(14-16-23)19-35-28-12-8-7-9-24(28)20(2)17-27(31(35)38)34-29(36)18-21(3)32/h5-16,20-21,27H,4,17-19,32H2,1-3H3,(H,33,37)(H,34,36). The third kappa shape index (κ3) is 6.11. The first-order valence-electron chi connectivity index (χ1n) is 13.2. The minimum absolute atomic E-state index is 0.0916. The normalized spacial score (nSPS) is 17.8.